The van der Waals surface area contributed by atoms with Crippen LogP contribution in [-0.2, 0) is 0 Å². The topological polar surface area (TPSA) is 30.0 Å². The largest absolute Gasteiger partial charge is 0.870 e. The summed E-state index contributed by atoms with van der Waals surface area (Å²) in [4.78, 5) is 0. The monoisotopic (exact) mass is 265 g/mol. The number of unbranched alkanes of at least 4 members (excludes halogenated alkanes) is 1. The third-order valence-electron chi connectivity index (χ3n) is 3.58. The summed E-state index contributed by atoms with van der Waals surface area (Å²) in [6.07, 6.45) is 12.9. The first kappa shape index (κ1) is 20.2. The van der Waals surface area contributed by atoms with E-state index < -0.39 is 0 Å². The van der Waals surface area contributed by atoms with Crippen molar-refractivity contribution in [1.82, 2.24) is 0 Å². The lowest BCUT2D eigenvalue weighted by Gasteiger charge is -2.43. The van der Waals surface area contributed by atoms with Gasteiger partial charge in [0, 0.05) is 6.42 Å². The van der Waals surface area contributed by atoms with E-state index in [-0.39, 0.29) is 5.48 Å². The van der Waals surface area contributed by atoms with Crippen LogP contribution in [0.1, 0.15) is 32.6 Å². The van der Waals surface area contributed by atoms with Crippen molar-refractivity contribution in [2.75, 3.05) is 19.6 Å². The van der Waals surface area contributed by atoms with Crippen LogP contribution in [0.15, 0.2) is 50.6 Å². The second-order valence-corrected chi connectivity index (χ2v) is 4.95. The van der Waals surface area contributed by atoms with Crippen LogP contribution in [0.25, 0.3) is 0 Å². The van der Waals surface area contributed by atoms with Crippen LogP contribution >= 0.6 is 0 Å². The number of rotatable bonds is 12. The van der Waals surface area contributed by atoms with Gasteiger partial charge in [-0.1, -0.05) is 39.2 Å². The van der Waals surface area contributed by atoms with E-state index in [0.717, 1.165) is 30.5 Å². The Labute approximate surface area is 119 Å². The molecule has 0 aromatic carbocycles. The predicted octanol–water partition coefficient (Wildman–Crippen LogP) is 4.32. The highest BCUT2D eigenvalue weighted by atomic mass is 16.0. The maximum Gasteiger partial charge on any atom is 0.0978 e. The maximum atomic E-state index is 3.92. The summed E-state index contributed by atoms with van der Waals surface area (Å²) < 4.78 is 0.989. The normalized spacial score (nSPS) is 12.1. The molecule has 0 saturated carbocycles. The highest BCUT2D eigenvalue weighted by molar-refractivity contribution is 4.83. The molecule has 2 heteroatoms. The van der Waals surface area contributed by atoms with E-state index in [9.17, 15) is 0 Å². The van der Waals surface area contributed by atoms with Crippen molar-refractivity contribution in [3.8, 4) is 0 Å². The summed E-state index contributed by atoms with van der Waals surface area (Å²) in [6, 6.07) is 0.594. The van der Waals surface area contributed by atoms with Crippen molar-refractivity contribution in [2.24, 2.45) is 0 Å². The minimum Gasteiger partial charge on any atom is -0.870 e. The molecule has 0 amide bonds. The van der Waals surface area contributed by atoms with Crippen molar-refractivity contribution in [3.05, 3.63) is 50.6 Å². The van der Waals surface area contributed by atoms with Gasteiger partial charge in [-0.05, 0) is 31.1 Å². The first-order valence-electron chi connectivity index (χ1n) is 7.00. The molecule has 0 saturated heterocycles. The zero-order chi connectivity index (χ0) is 13.9. The van der Waals surface area contributed by atoms with Gasteiger partial charge in [-0.15, -0.1) is 6.58 Å². The van der Waals surface area contributed by atoms with Crippen LogP contribution in [0.2, 0.25) is 0 Å². The SMILES string of the molecule is C=CCC(CCCC)[N+](CC=C)(CC=C)CC=C.[OH-]. The third kappa shape index (κ3) is 6.55. The van der Waals surface area contributed by atoms with Gasteiger partial charge in [0.15, 0.2) is 0 Å². The predicted molar refractivity (Wildman–Crippen MR) is 85.5 cm³/mol. The van der Waals surface area contributed by atoms with Gasteiger partial charge in [-0.25, -0.2) is 0 Å². The van der Waals surface area contributed by atoms with Crippen LogP contribution in [-0.4, -0.2) is 35.6 Å². The molecule has 0 rings (SSSR count). The van der Waals surface area contributed by atoms with Gasteiger partial charge < -0.3 is 9.96 Å². The number of nitrogens with zero attached hydrogens (tertiary/aromatic N) is 1. The molecule has 19 heavy (non-hydrogen) atoms. The highest BCUT2D eigenvalue weighted by Crippen LogP contribution is 2.23. The summed E-state index contributed by atoms with van der Waals surface area (Å²) in [5.41, 5.74) is 0. The summed E-state index contributed by atoms with van der Waals surface area (Å²) in [5.74, 6) is 0. The zero-order valence-electron chi connectivity index (χ0n) is 12.6. The average Bonchev–Trinajstić information content (AvgIpc) is 2.35. The van der Waals surface area contributed by atoms with E-state index in [1.807, 2.05) is 24.3 Å². The highest BCUT2D eigenvalue weighted by Gasteiger charge is 2.32. The lowest BCUT2D eigenvalue weighted by Crippen LogP contribution is -2.55. The molecule has 0 radical (unpaired) electrons. The quantitative estimate of drug-likeness (QED) is 0.382. The zero-order valence-corrected chi connectivity index (χ0v) is 12.6. The molecular formula is C17H31NO. The molecule has 110 valence electrons. The number of hydrogen-bond donors (Lipinski definition) is 0. The fourth-order valence-electron chi connectivity index (χ4n) is 2.69. The van der Waals surface area contributed by atoms with Crippen LogP contribution in [0, 0.1) is 0 Å². The molecule has 0 spiro atoms. The fourth-order valence-corrected chi connectivity index (χ4v) is 2.69. The summed E-state index contributed by atoms with van der Waals surface area (Å²) in [5, 5.41) is 0. The van der Waals surface area contributed by atoms with Crippen LogP contribution in [0.4, 0.5) is 0 Å². The standard InChI is InChI=1S/C17H30N.H2O/c1-6-11-13-17(12-7-2)18(14-8-3,15-9-4)16-10-5;/h7-10,17H,2-6,11-16H2,1H3;1H2/q+1;/p-1. The van der Waals surface area contributed by atoms with E-state index >= 15 is 0 Å². The first-order valence-corrected chi connectivity index (χ1v) is 7.00. The Morgan fingerprint density at radius 1 is 0.895 bits per heavy atom. The molecule has 0 aromatic heterocycles. The molecule has 1 unspecified atom stereocenters. The first-order chi connectivity index (χ1) is 8.70. The van der Waals surface area contributed by atoms with Crippen molar-refractivity contribution in [2.45, 2.75) is 38.6 Å². The van der Waals surface area contributed by atoms with Crippen molar-refractivity contribution < 1.29 is 9.96 Å². The maximum absolute atomic E-state index is 3.92. The van der Waals surface area contributed by atoms with Crippen LogP contribution < -0.4 is 0 Å². The van der Waals surface area contributed by atoms with E-state index in [0.29, 0.717) is 6.04 Å². The van der Waals surface area contributed by atoms with Gasteiger partial charge >= 0.3 is 0 Å². The van der Waals surface area contributed by atoms with E-state index in [2.05, 4.69) is 33.2 Å². The summed E-state index contributed by atoms with van der Waals surface area (Å²) in [6.45, 7) is 20.8. The molecule has 0 aliphatic heterocycles. The van der Waals surface area contributed by atoms with E-state index in [4.69, 9.17) is 0 Å². The van der Waals surface area contributed by atoms with Crippen molar-refractivity contribution in [1.29, 1.82) is 0 Å². The fraction of sp³-hybridized carbons (Fsp3) is 0.529. The molecule has 0 fully saturated rings. The lowest BCUT2D eigenvalue weighted by atomic mass is 10.0. The summed E-state index contributed by atoms with van der Waals surface area (Å²) >= 11 is 0. The molecule has 1 atom stereocenters. The van der Waals surface area contributed by atoms with Gasteiger partial charge in [0.05, 0.1) is 25.7 Å². The Kier molecular flexibility index (Phi) is 12.7. The van der Waals surface area contributed by atoms with Crippen molar-refractivity contribution in [3.63, 3.8) is 0 Å². The second-order valence-electron chi connectivity index (χ2n) is 4.95. The van der Waals surface area contributed by atoms with Crippen LogP contribution in [0.5, 0.6) is 0 Å². The molecule has 0 aliphatic carbocycles. The Balaban J connectivity index is 0. The minimum absolute atomic E-state index is 0. The van der Waals surface area contributed by atoms with Gasteiger partial charge in [-0.2, -0.15) is 0 Å². The Morgan fingerprint density at radius 3 is 1.68 bits per heavy atom. The van der Waals surface area contributed by atoms with E-state index in [1.54, 1.807) is 0 Å². The molecule has 0 bridgehead atoms. The molecule has 2 nitrogen and oxygen atoms in total. The second kappa shape index (κ2) is 11.9. The average molecular weight is 265 g/mol. The van der Waals surface area contributed by atoms with E-state index in [1.165, 1.54) is 19.3 Å². The molecule has 0 aromatic rings. The Morgan fingerprint density at radius 2 is 1.37 bits per heavy atom. The minimum atomic E-state index is 0. The van der Waals surface area contributed by atoms with Gasteiger partial charge in [0.1, 0.15) is 0 Å². The smallest absolute Gasteiger partial charge is 0.0978 e. The van der Waals surface area contributed by atoms with Gasteiger partial charge in [0.2, 0.25) is 0 Å². The van der Waals surface area contributed by atoms with Crippen molar-refractivity contribution >= 4 is 0 Å². The van der Waals surface area contributed by atoms with Gasteiger partial charge in [-0.3, -0.25) is 0 Å². The lowest BCUT2D eigenvalue weighted by molar-refractivity contribution is -0.935. The van der Waals surface area contributed by atoms with Crippen LogP contribution in [0.3, 0.4) is 0 Å². The third-order valence-corrected chi connectivity index (χ3v) is 3.58. The molecule has 0 heterocycles. The summed E-state index contributed by atoms with van der Waals surface area (Å²) in [7, 11) is 0. The van der Waals surface area contributed by atoms with Gasteiger partial charge in [0.25, 0.3) is 0 Å². The Hall–Kier alpha value is -1.12. The molecular weight excluding hydrogens is 234 g/mol. The molecule has 0 aliphatic rings. The Bertz CT molecular complexity index is 244. The molecule has 1 N–H and O–H groups in total. The number of quaternary nitrogens is 1. The number of hydrogen-bond acceptors (Lipinski definition) is 1.